The maximum Gasteiger partial charge on any atom is 0.410 e. The van der Waals surface area contributed by atoms with E-state index in [9.17, 15) is 4.79 Å². The van der Waals surface area contributed by atoms with Gasteiger partial charge in [0.05, 0.1) is 19.3 Å². The summed E-state index contributed by atoms with van der Waals surface area (Å²) in [6.07, 6.45) is 1.58. The number of aliphatic hydroxyl groups excluding tert-OH is 1. The zero-order chi connectivity index (χ0) is 17.3. The number of amides is 1. The first kappa shape index (κ1) is 17.2. The molecule has 1 amide bonds. The van der Waals surface area contributed by atoms with E-state index < -0.39 is 5.60 Å². The van der Waals surface area contributed by atoms with Gasteiger partial charge < -0.3 is 14.6 Å². The Morgan fingerprint density at radius 1 is 1.33 bits per heavy atom. The highest BCUT2D eigenvalue weighted by Gasteiger charge is 2.49. The van der Waals surface area contributed by atoms with E-state index in [1.807, 2.05) is 37.8 Å². The Bertz CT molecular complexity index is 572. The first-order chi connectivity index (χ1) is 11.4. The Labute approximate surface area is 143 Å². The Hall–Kier alpha value is -1.59. The van der Waals surface area contributed by atoms with Crippen molar-refractivity contribution in [3.05, 3.63) is 35.4 Å². The smallest absolute Gasteiger partial charge is 0.410 e. The maximum atomic E-state index is 12.7. The van der Waals surface area contributed by atoms with E-state index in [4.69, 9.17) is 14.6 Å². The summed E-state index contributed by atoms with van der Waals surface area (Å²) in [7, 11) is 0. The molecule has 3 rings (SSSR count). The summed E-state index contributed by atoms with van der Waals surface area (Å²) in [6.45, 7) is 7.03. The van der Waals surface area contributed by atoms with Gasteiger partial charge in [-0.2, -0.15) is 0 Å². The van der Waals surface area contributed by atoms with E-state index in [2.05, 4.69) is 12.1 Å². The molecule has 1 saturated carbocycles. The molecule has 132 valence electrons. The summed E-state index contributed by atoms with van der Waals surface area (Å²) in [5.41, 5.74) is 1.62. The number of carbonyl (C=O) groups is 1. The number of hydrogen-bond donors (Lipinski definition) is 1. The van der Waals surface area contributed by atoms with Crippen LogP contribution in [0.4, 0.5) is 4.79 Å². The molecule has 1 aliphatic carbocycles. The molecule has 1 aromatic rings. The third-order valence-corrected chi connectivity index (χ3v) is 4.61. The molecule has 2 unspecified atom stereocenters. The van der Waals surface area contributed by atoms with Crippen LogP contribution in [0, 0.1) is 0 Å². The molecule has 0 aromatic heterocycles. The van der Waals surface area contributed by atoms with Crippen LogP contribution in [-0.2, 0) is 16.1 Å². The highest BCUT2D eigenvalue weighted by Crippen LogP contribution is 2.46. The fourth-order valence-corrected chi connectivity index (χ4v) is 3.33. The fraction of sp³-hybridized carbons (Fsp3) is 0.632. The zero-order valence-corrected chi connectivity index (χ0v) is 14.7. The molecule has 3 atom stereocenters. The van der Waals surface area contributed by atoms with Crippen LogP contribution >= 0.6 is 0 Å². The molecule has 5 nitrogen and oxygen atoms in total. The molecule has 1 aromatic carbocycles. The molecule has 0 bridgehead atoms. The number of ether oxygens (including phenoxy) is 2. The predicted molar refractivity (Wildman–Crippen MR) is 90.8 cm³/mol. The standard InChI is InChI=1S/C19H27NO4/c1-19(2,3)24-18(22)20(15-8-9-23-12-15)17-10-16(17)14-6-4-13(11-21)5-7-14/h4-7,15-17,21H,8-12H2,1-3H3/t15?,16-,17?/m1/s1. The third-order valence-electron chi connectivity index (χ3n) is 4.61. The van der Waals surface area contributed by atoms with Crippen molar-refractivity contribution in [2.45, 2.75) is 63.8 Å². The van der Waals surface area contributed by atoms with Crippen LogP contribution < -0.4 is 0 Å². The average Bonchev–Trinajstić information content (AvgIpc) is 3.10. The highest BCUT2D eigenvalue weighted by atomic mass is 16.6. The lowest BCUT2D eigenvalue weighted by atomic mass is 10.1. The first-order valence-electron chi connectivity index (χ1n) is 8.68. The Kier molecular flexibility index (Phi) is 4.83. The Morgan fingerprint density at radius 2 is 2.04 bits per heavy atom. The van der Waals surface area contributed by atoms with E-state index in [0.29, 0.717) is 19.1 Å². The minimum Gasteiger partial charge on any atom is -0.444 e. The molecule has 1 aliphatic heterocycles. The Balaban J connectivity index is 1.73. The van der Waals surface area contributed by atoms with Crippen molar-refractivity contribution in [3.8, 4) is 0 Å². The zero-order valence-electron chi connectivity index (χ0n) is 14.7. The van der Waals surface area contributed by atoms with Gasteiger partial charge in [0.2, 0.25) is 0 Å². The molecule has 1 N–H and O–H groups in total. The van der Waals surface area contributed by atoms with Gasteiger partial charge in [0, 0.05) is 18.6 Å². The monoisotopic (exact) mass is 333 g/mol. The summed E-state index contributed by atoms with van der Waals surface area (Å²) in [5.74, 6) is 0.339. The van der Waals surface area contributed by atoms with Crippen LogP contribution in [0.2, 0.25) is 0 Å². The number of nitrogens with zero attached hydrogens (tertiary/aromatic N) is 1. The summed E-state index contributed by atoms with van der Waals surface area (Å²) < 4.78 is 11.1. The predicted octanol–water partition coefficient (Wildman–Crippen LogP) is 3.06. The van der Waals surface area contributed by atoms with Crippen LogP contribution in [0.15, 0.2) is 24.3 Å². The molecule has 24 heavy (non-hydrogen) atoms. The topological polar surface area (TPSA) is 59.0 Å². The first-order valence-corrected chi connectivity index (χ1v) is 8.68. The normalized spacial score (nSPS) is 26.2. The molecule has 1 saturated heterocycles. The van der Waals surface area contributed by atoms with Gasteiger partial charge in [0.25, 0.3) is 0 Å². The summed E-state index contributed by atoms with van der Waals surface area (Å²) in [4.78, 5) is 14.6. The van der Waals surface area contributed by atoms with Crippen molar-refractivity contribution in [2.24, 2.45) is 0 Å². The van der Waals surface area contributed by atoms with Crippen molar-refractivity contribution in [2.75, 3.05) is 13.2 Å². The lowest BCUT2D eigenvalue weighted by Crippen LogP contribution is -2.45. The number of aliphatic hydroxyl groups is 1. The lowest BCUT2D eigenvalue weighted by molar-refractivity contribution is 0.0121. The summed E-state index contributed by atoms with van der Waals surface area (Å²) in [5, 5.41) is 9.16. The Morgan fingerprint density at radius 3 is 2.58 bits per heavy atom. The van der Waals surface area contributed by atoms with Crippen LogP contribution in [0.5, 0.6) is 0 Å². The maximum absolute atomic E-state index is 12.7. The highest BCUT2D eigenvalue weighted by molar-refractivity contribution is 5.70. The molecular formula is C19H27NO4. The molecule has 2 aliphatic rings. The lowest BCUT2D eigenvalue weighted by Gasteiger charge is -2.31. The minimum atomic E-state index is -0.498. The SMILES string of the molecule is CC(C)(C)OC(=O)N(C1CCOC1)C1C[C@@H]1c1ccc(CO)cc1. The molecule has 0 spiro atoms. The fourth-order valence-electron chi connectivity index (χ4n) is 3.33. The van der Waals surface area contributed by atoms with Crippen molar-refractivity contribution in [3.63, 3.8) is 0 Å². The second kappa shape index (κ2) is 6.73. The summed E-state index contributed by atoms with van der Waals surface area (Å²) >= 11 is 0. The quantitative estimate of drug-likeness (QED) is 0.920. The number of rotatable bonds is 4. The van der Waals surface area contributed by atoms with E-state index >= 15 is 0 Å². The van der Waals surface area contributed by atoms with E-state index in [-0.39, 0.29) is 24.8 Å². The number of carbonyl (C=O) groups excluding carboxylic acids is 1. The van der Waals surface area contributed by atoms with Gasteiger partial charge in [-0.1, -0.05) is 24.3 Å². The minimum absolute atomic E-state index is 0.0534. The third kappa shape index (κ3) is 3.90. The van der Waals surface area contributed by atoms with E-state index in [0.717, 1.165) is 18.4 Å². The average molecular weight is 333 g/mol. The van der Waals surface area contributed by atoms with Crippen LogP contribution in [-0.4, -0.2) is 47.0 Å². The molecule has 0 radical (unpaired) electrons. The molecule has 2 fully saturated rings. The molecule has 5 heteroatoms. The number of hydrogen-bond acceptors (Lipinski definition) is 4. The second-order valence-corrected chi connectivity index (χ2v) is 7.71. The van der Waals surface area contributed by atoms with Gasteiger partial charge in [0.1, 0.15) is 5.60 Å². The van der Waals surface area contributed by atoms with E-state index in [1.165, 1.54) is 5.56 Å². The van der Waals surface area contributed by atoms with Gasteiger partial charge in [-0.25, -0.2) is 4.79 Å². The van der Waals surface area contributed by atoms with Crippen molar-refractivity contribution >= 4 is 6.09 Å². The van der Waals surface area contributed by atoms with Gasteiger partial charge in [0.15, 0.2) is 0 Å². The molecule has 1 heterocycles. The summed E-state index contributed by atoms with van der Waals surface area (Å²) in [6, 6.07) is 8.27. The largest absolute Gasteiger partial charge is 0.444 e. The van der Waals surface area contributed by atoms with Gasteiger partial charge in [-0.05, 0) is 44.7 Å². The van der Waals surface area contributed by atoms with Gasteiger partial charge in [-0.15, -0.1) is 0 Å². The van der Waals surface area contributed by atoms with Crippen molar-refractivity contribution < 1.29 is 19.4 Å². The van der Waals surface area contributed by atoms with E-state index in [1.54, 1.807) is 0 Å². The number of benzene rings is 1. The van der Waals surface area contributed by atoms with Gasteiger partial charge in [-0.3, -0.25) is 4.90 Å². The van der Waals surface area contributed by atoms with Crippen LogP contribution in [0.25, 0.3) is 0 Å². The van der Waals surface area contributed by atoms with Gasteiger partial charge >= 0.3 is 6.09 Å². The second-order valence-electron chi connectivity index (χ2n) is 7.71. The van der Waals surface area contributed by atoms with Crippen LogP contribution in [0.3, 0.4) is 0 Å². The van der Waals surface area contributed by atoms with Crippen LogP contribution in [0.1, 0.15) is 50.7 Å². The molecular weight excluding hydrogens is 306 g/mol. The van der Waals surface area contributed by atoms with Crippen molar-refractivity contribution in [1.82, 2.24) is 4.90 Å². The van der Waals surface area contributed by atoms with Crippen molar-refractivity contribution in [1.29, 1.82) is 0 Å².